The molecule has 0 aliphatic heterocycles. The van der Waals surface area contributed by atoms with Crippen LogP contribution in [0.3, 0.4) is 0 Å². The Balaban J connectivity index is 2.79. The van der Waals surface area contributed by atoms with Gasteiger partial charge in [0.1, 0.15) is 12.4 Å². The minimum Gasteiger partial charge on any atom is -0.480 e. The van der Waals surface area contributed by atoms with Gasteiger partial charge < -0.3 is 5.11 Å². The molecular formula is C8H10ClN3O4S. The summed E-state index contributed by atoms with van der Waals surface area (Å²) in [7, 11) is -2.78. The number of carboxylic acids is 1. The topological polar surface area (TPSA) is 99.6 Å². The average Bonchev–Trinajstić information content (AvgIpc) is 2.20. The van der Waals surface area contributed by atoms with E-state index in [1.807, 2.05) is 0 Å². The predicted molar refractivity (Wildman–Crippen MR) is 62.1 cm³/mol. The second-order valence-electron chi connectivity index (χ2n) is 3.12. The van der Waals surface area contributed by atoms with Crippen molar-refractivity contribution in [2.45, 2.75) is 0 Å². The maximum atomic E-state index is 11.6. The maximum absolute atomic E-state index is 11.6. The molecule has 7 nitrogen and oxygen atoms in total. The number of likely N-dealkylation sites (N-methyl/N-ethyl adjacent to an activating group) is 1. The number of anilines is 1. The lowest BCUT2D eigenvalue weighted by molar-refractivity contribution is -0.137. The molecule has 1 heterocycles. The van der Waals surface area contributed by atoms with E-state index in [1.165, 1.54) is 18.3 Å². The zero-order valence-electron chi connectivity index (χ0n) is 8.79. The fourth-order valence-electron chi connectivity index (χ4n) is 0.922. The Morgan fingerprint density at radius 1 is 1.59 bits per heavy atom. The van der Waals surface area contributed by atoms with E-state index in [-0.39, 0.29) is 5.82 Å². The van der Waals surface area contributed by atoms with E-state index in [9.17, 15) is 13.2 Å². The summed E-state index contributed by atoms with van der Waals surface area (Å²) in [5.41, 5.74) is 0. The van der Waals surface area contributed by atoms with Crippen molar-refractivity contribution in [1.29, 1.82) is 0 Å². The Bertz CT molecular complexity index is 502. The van der Waals surface area contributed by atoms with Crippen LogP contribution < -0.4 is 4.72 Å². The number of nitrogens with one attached hydrogen (secondary N) is 1. The minimum absolute atomic E-state index is 0.0617. The van der Waals surface area contributed by atoms with E-state index in [4.69, 9.17) is 16.7 Å². The summed E-state index contributed by atoms with van der Waals surface area (Å²) >= 11 is 5.59. The molecule has 94 valence electrons. The van der Waals surface area contributed by atoms with Gasteiger partial charge in [0, 0.05) is 13.2 Å². The predicted octanol–water partition coefficient (Wildman–Crippen LogP) is 0.408. The van der Waals surface area contributed by atoms with Crippen LogP contribution in [0.2, 0.25) is 5.02 Å². The summed E-state index contributed by atoms with van der Waals surface area (Å²) < 4.78 is 26.0. The van der Waals surface area contributed by atoms with Gasteiger partial charge in [0.25, 0.3) is 0 Å². The zero-order valence-corrected chi connectivity index (χ0v) is 10.4. The quantitative estimate of drug-likeness (QED) is 0.813. The van der Waals surface area contributed by atoms with Crippen LogP contribution >= 0.6 is 11.6 Å². The van der Waals surface area contributed by atoms with E-state index >= 15 is 0 Å². The SMILES string of the molecule is CN(CC(=O)O)S(=O)(=O)Nc1ccc(Cl)cn1. The van der Waals surface area contributed by atoms with Crippen molar-refractivity contribution in [1.82, 2.24) is 9.29 Å². The first-order chi connectivity index (χ1) is 7.81. The van der Waals surface area contributed by atoms with Gasteiger partial charge in [-0.3, -0.25) is 9.52 Å². The number of pyridine rings is 1. The van der Waals surface area contributed by atoms with Crippen LogP contribution in [0.4, 0.5) is 5.82 Å². The summed E-state index contributed by atoms with van der Waals surface area (Å²) in [6.07, 6.45) is 1.27. The Labute approximate surface area is 103 Å². The van der Waals surface area contributed by atoms with Gasteiger partial charge in [-0.2, -0.15) is 12.7 Å². The monoisotopic (exact) mass is 279 g/mol. The number of carboxylic acid groups (broad SMARTS) is 1. The molecule has 1 rings (SSSR count). The molecule has 0 atom stereocenters. The van der Waals surface area contributed by atoms with Gasteiger partial charge in [-0.1, -0.05) is 11.6 Å². The second kappa shape index (κ2) is 5.30. The maximum Gasteiger partial charge on any atom is 0.318 e. The van der Waals surface area contributed by atoms with E-state index < -0.39 is 22.7 Å². The number of hydrogen-bond donors (Lipinski definition) is 2. The van der Waals surface area contributed by atoms with E-state index in [0.717, 1.165) is 7.05 Å². The molecule has 1 aromatic rings. The third kappa shape index (κ3) is 4.17. The molecule has 2 N–H and O–H groups in total. The molecule has 0 unspecified atom stereocenters. The molecule has 0 amide bonds. The van der Waals surface area contributed by atoms with Gasteiger partial charge in [-0.15, -0.1) is 0 Å². The molecule has 0 radical (unpaired) electrons. The van der Waals surface area contributed by atoms with Gasteiger partial charge >= 0.3 is 16.2 Å². The molecule has 1 aromatic heterocycles. The number of hydrogen-bond acceptors (Lipinski definition) is 4. The van der Waals surface area contributed by atoms with Crippen LogP contribution in [0.5, 0.6) is 0 Å². The first-order valence-corrected chi connectivity index (χ1v) is 6.20. The zero-order chi connectivity index (χ0) is 13.1. The van der Waals surface area contributed by atoms with Crippen molar-refractivity contribution in [2.75, 3.05) is 18.3 Å². The molecule has 0 spiro atoms. The molecule has 0 aliphatic rings. The summed E-state index contributed by atoms with van der Waals surface area (Å²) in [6, 6.07) is 2.83. The number of halogens is 1. The van der Waals surface area contributed by atoms with Gasteiger partial charge in [0.15, 0.2) is 0 Å². The van der Waals surface area contributed by atoms with Crippen molar-refractivity contribution in [3.8, 4) is 0 Å². The Hall–Kier alpha value is -1.38. The summed E-state index contributed by atoms with van der Waals surface area (Å²) in [4.78, 5) is 14.1. The molecule has 0 saturated carbocycles. The van der Waals surface area contributed by atoms with Crippen LogP contribution in [0.15, 0.2) is 18.3 Å². The number of carbonyl (C=O) groups is 1. The Kier molecular flexibility index (Phi) is 4.27. The third-order valence-electron chi connectivity index (χ3n) is 1.73. The molecular weight excluding hydrogens is 270 g/mol. The fraction of sp³-hybridized carbons (Fsp3) is 0.250. The average molecular weight is 280 g/mol. The highest BCUT2D eigenvalue weighted by Gasteiger charge is 2.20. The number of nitrogens with zero attached hydrogens (tertiary/aromatic N) is 2. The molecule has 0 aliphatic carbocycles. The van der Waals surface area contributed by atoms with Crippen LogP contribution in [-0.2, 0) is 15.0 Å². The first kappa shape index (κ1) is 13.7. The lowest BCUT2D eigenvalue weighted by Crippen LogP contribution is -2.36. The van der Waals surface area contributed by atoms with Crippen molar-refractivity contribution >= 4 is 33.6 Å². The first-order valence-electron chi connectivity index (χ1n) is 4.38. The largest absolute Gasteiger partial charge is 0.480 e. The second-order valence-corrected chi connectivity index (χ2v) is 5.33. The highest BCUT2D eigenvalue weighted by molar-refractivity contribution is 7.90. The lowest BCUT2D eigenvalue weighted by atomic mass is 10.5. The summed E-state index contributed by atoms with van der Waals surface area (Å²) in [6.45, 7) is -0.636. The molecule has 0 aromatic carbocycles. The molecule has 0 bridgehead atoms. The minimum atomic E-state index is -3.92. The molecule has 0 fully saturated rings. The normalized spacial score (nSPS) is 11.5. The smallest absolute Gasteiger partial charge is 0.318 e. The highest BCUT2D eigenvalue weighted by Crippen LogP contribution is 2.11. The van der Waals surface area contributed by atoms with Crippen molar-refractivity contribution in [3.63, 3.8) is 0 Å². The van der Waals surface area contributed by atoms with Crippen molar-refractivity contribution < 1.29 is 18.3 Å². The fourth-order valence-corrected chi connectivity index (χ4v) is 1.85. The van der Waals surface area contributed by atoms with E-state index in [1.54, 1.807) is 0 Å². The summed E-state index contributed by atoms with van der Waals surface area (Å²) in [5.74, 6) is -1.19. The standard InChI is InChI=1S/C8H10ClN3O4S/c1-12(5-8(13)14)17(15,16)11-7-3-2-6(9)4-10-7/h2-4H,5H2,1H3,(H,10,11)(H,13,14). The number of aromatic nitrogens is 1. The van der Waals surface area contributed by atoms with Crippen LogP contribution in [0.25, 0.3) is 0 Å². The Morgan fingerprint density at radius 3 is 2.71 bits per heavy atom. The van der Waals surface area contributed by atoms with Gasteiger partial charge in [-0.25, -0.2) is 4.98 Å². The van der Waals surface area contributed by atoms with Crippen LogP contribution in [-0.4, -0.2) is 42.4 Å². The van der Waals surface area contributed by atoms with E-state index in [0.29, 0.717) is 9.33 Å². The highest BCUT2D eigenvalue weighted by atomic mass is 35.5. The molecule has 17 heavy (non-hydrogen) atoms. The lowest BCUT2D eigenvalue weighted by Gasteiger charge is -2.15. The number of aliphatic carboxylic acids is 1. The van der Waals surface area contributed by atoms with Gasteiger partial charge in [-0.05, 0) is 12.1 Å². The van der Waals surface area contributed by atoms with Gasteiger partial charge in [0.05, 0.1) is 5.02 Å². The van der Waals surface area contributed by atoms with E-state index in [2.05, 4.69) is 9.71 Å². The van der Waals surface area contributed by atoms with Crippen LogP contribution in [0, 0.1) is 0 Å². The van der Waals surface area contributed by atoms with Crippen molar-refractivity contribution in [3.05, 3.63) is 23.4 Å². The molecule has 9 heteroatoms. The van der Waals surface area contributed by atoms with Gasteiger partial charge in [0.2, 0.25) is 0 Å². The third-order valence-corrected chi connectivity index (χ3v) is 3.37. The number of rotatable bonds is 5. The Morgan fingerprint density at radius 2 is 2.24 bits per heavy atom. The molecule has 0 saturated heterocycles. The summed E-state index contributed by atoms with van der Waals surface area (Å²) in [5, 5.41) is 8.85. The van der Waals surface area contributed by atoms with Crippen LogP contribution in [0.1, 0.15) is 0 Å². The van der Waals surface area contributed by atoms with Crippen molar-refractivity contribution in [2.24, 2.45) is 0 Å².